The van der Waals surface area contributed by atoms with Gasteiger partial charge in [0.15, 0.2) is 0 Å². The number of aliphatic hydroxyl groups is 2. The van der Waals surface area contributed by atoms with E-state index in [1.54, 1.807) is 13.8 Å². The average molecular weight is 215 g/mol. The fourth-order valence-corrected chi connectivity index (χ4v) is 0.704. The summed E-state index contributed by atoms with van der Waals surface area (Å²) in [6.07, 6.45) is -0.654. The molecule has 0 saturated carbocycles. The number of hydrogen-bond acceptors (Lipinski definition) is 4. The second-order valence-corrected chi connectivity index (χ2v) is 3.32. The van der Waals surface area contributed by atoms with Gasteiger partial charge in [-0.25, -0.2) is 0 Å². The van der Waals surface area contributed by atoms with Crippen LogP contribution in [0.5, 0.6) is 0 Å². The maximum Gasteiger partial charge on any atom is 0.0781 e. The third kappa shape index (κ3) is 10.9. The van der Waals surface area contributed by atoms with Crippen molar-refractivity contribution in [3.63, 3.8) is 0 Å². The van der Waals surface area contributed by atoms with Crippen LogP contribution in [0.25, 0.3) is 0 Å². The first kappa shape index (κ1) is 17.2. The Morgan fingerprint density at radius 3 is 1.93 bits per heavy atom. The van der Waals surface area contributed by atoms with Crippen LogP contribution in [-0.4, -0.2) is 77.9 Å². The van der Waals surface area contributed by atoms with E-state index in [1.165, 1.54) is 0 Å². The minimum atomic E-state index is -0.447. The normalized spacial score (nSPS) is 16.9. The molecule has 2 N–H and O–H groups in total. The third-order valence-electron chi connectivity index (χ3n) is 1.49. The Bertz CT molecular complexity index is 121. The molecule has 5 heteroatoms. The molecule has 4 nitrogen and oxygen atoms in total. The standard InChI is InChI=1S/C9H20O4.Na/c1-7(11)5-12-9(3)6-13-8(2)4-10;/h7-11H,4-6H2,1-3H3;. The van der Waals surface area contributed by atoms with E-state index in [4.69, 9.17) is 19.7 Å². The van der Waals surface area contributed by atoms with Crippen molar-refractivity contribution in [3.05, 3.63) is 0 Å². The van der Waals surface area contributed by atoms with E-state index in [0.717, 1.165) is 0 Å². The van der Waals surface area contributed by atoms with E-state index in [1.807, 2.05) is 6.92 Å². The van der Waals surface area contributed by atoms with Crippen molar-refractivity contribution in [3.8, 4) is 0 Å². The fraction of sp³-hybridized carbons (Fsp3) is 1.00. The fourth-order valence-electron chi connectivity index (χ4n) is 0.704. The topological polar surface area (TPSA) is 58.9 Å². The second-order valence-electron chi connectivity index (χ2n) is 3.32. The molecule has 0 aromatic heterocycles. The summed E-state index contributed by atoms with van der Waals surface area (Å²) < 4.78 is 10.5. The molecule has 0 saturated heterocycles. The second kappa shape index (κ2) is 10.4. The molecule has 3 unspecified atom stereocenters. The summed E-state index contributed by atoms with van der Waals surface area (Å²) in [7, 11) is 0. The van der Waals surface area contributed by atoms with Crippen molar-refractivity contribution in [2.45, 2.75) is 39.1 Å². The molecule has 0 fully saturated rings. The number of aliphatic hydroxyl groups excluding tert-OH is 2. The first-order chi connectivity index (χ1) is 6.06. The summed E-state index contributed by atoms with van der Waals surface area (Å²) in [5.74, 6) is 0. The minimum absolute atomic E-state index is 0. The Balaban J connectivity index is 0. The van der Waals surface area contributed by atoms with Gasteiger partial charge in [0, 0.05) is 29.6 Å². The Kier molecular flexibility index (Phi) is 12.8. The summed E-state index contributed by atoms with van der Waals surface area (Å²) in [5.41, 5.74) is 0. The molecule has 0 aromatic carbocycles. The molecule has 0 spiro atoms. The van der Waals surface area contributed by atoms with Crippen LogP contribution in [0.15, 0.2) is 0 Å². The first-order valence-electron chi connectivity index (χ1n) is 4.58. The Morgan fingerprint density at radius 2 is 1.50 bits per heavy atom. The van der Waals surface area contributed by atoms with E-state index in [0.29, 0.717) is 13.2 Å². The van der Waals surface area contributed by atoms with E-state index in [-0.39, 0.29) is 48.4 Å². The number of rotatable bonds is 7. The molecule has 0 heterocycles. The van der Waals surface area contributed by atoms with Gasteiger partial charge in [-0.2, -0.15) is 0 Å². The van der Waals surface area contributed by atoms with Crippen LogP contribution >= 0.6 is 0 Å². The number of ether oxygens (including phenoxy) is 2. The molecule has 81 valence electrons. The van der Waals surface area contributed by atoms with Crippen molar-refractivity contribution in [1.29, 1.82) is 0 Å². The van der Waals surface area contributed by atoms with Gasteiger partial charge in [-0.1, -0.05) is 0 Å². The van der Waals surface area contributed by atoms with Crippen molar-refractivity contribution in [1.82, 2.24) is 0 Å². The summed E-state index contributed by atoms with van der Waals surface area (Å²) >= 11 is 0. The first-order valence-corrected chi connectivity index (χ1v) is 4.58. The Morgan fingerprint density at radius 1 is 1.00 bits per heavy atom. The molecule has 0 rings (SSSR count). The van der Waals surface area contributed by atoms with Crippen LogP contribution in [0.2, 0.25) is 0 Å². The maximum atomic E-state index is 8.92. The zero-order chi connectivity index (χ0) is 10.3. The van der Waals surface area contributed by atoms with Gasteiger partial charge in [0.2, 0.25) is 0 Å². The predicted octanol–water partition coefficient (Wildman–Crippen LogP) is -0.211. The van der Waals surface area contributed by atoms with Crippen LogP contribution < -0.4 is 0 Å². The van der Waals surface area contributed by atoms with Gasteiger partial charge in [0.1, 0.15) is 0 Å². The number of hydrogen-bond donors (Lipinski definition) is 2. The van der Waals surface area contributed by atoms with Crippen LogP contribution in [-0.2, 0) is 9.47 Å². The van der Waals surface area contributed by atoms with Crippen LogP contribution in [0.1, 0.15) is 20.8 Å². The molecule has 0 aromatic rings. The smallest absolute Gasteiger partial charge is 0.0781 e. The molecule has 14 heavy (non-hydrogen) atoms. The third-order valence-corrected chi connectivity index (χ3v) is 1.49. The van der Waals surface area contributed by atoms with Gasteiger partial charge in [-0.05, 0) is 20.8 Å². The molecular formula is C9H20NaO4. The quantitative estimate of drug-likeness (QED) is 0.577. The van der Waals surface area contributed by atoms with Gasteiger partial charge in [0.25, 0.3) is 0 Å². The van der Waals surface area contributed by atoms with Gasteiger partial charge < -0.3 is 19.7 Å². The van der Waals surface area contributed by atoms with Gasteiger partial charge in [0.05, 0.1) is 38.1 Å². The van der Waals surface area contributed by atoms with E-state index in [2.05, 4.69) is 0 Å². The SMILES string of the molecule is CC(O)COC(C)COC(C)CO.[Na]. The summed E-state index contributed by atoms with van der Waals surface area (Å²) in [6.45, 7) is 6.10. The van der Waals surface area contributed by atoms with Crippen LogP contribution in [0.3, 0.4) is 0 Å². The van der Waals surface area contributed by atoms with E-state index >= 15 is 0 Å². The Labute approximate surface area is 108 Å². The summed E-state index contributed by atoms with van der Waals surface area (Å²) in [6, 6.07) is 0. The van der Waals surface area contributed by atoms with E-state index < -0.39 is 6.10 Å². The minimum Gasteiger partial charge on any atom is -0.394 e. The maximum absolute atomic E-state index is 8.92. The molecular weight excluding hydrogens is 195 g/mol. The van der Waals surface area contributed by atoms with Crippen molar-refractivity contribution in [2.75, 3.05) is 19.8 Å². The molecule has 0 bridgehead atoms. The zero-order valence-electron chi connectivity index (χ0n) is 9.56. The summed E-state index contributed by atoms with van der Waals surface area (Å²) in [5, 5.41) is 17.6. The molecule has 3 atom stereocenters. The van der Waals surface area contributed by atoms with Gasteiger partial charge in [-0.15, -0.1) is 0 Å². The Hall–Kier alpha value is 0.840. The van der Waals surface area contributed by atoms with Crippen LogP contribution in [0.4, 0.5) is 0 Å². The van der Waals surface area contributed by atoms with Gasteiger partial charge in [-0.3, -0.25) is 0 Å². The predicted molar refractivity (Wildman–Crippen MR) is 55.3 cm³/mol. The van der Waals surface area contributed by atoms with Crippen molar-refractivity contribution in [2.24, 2.45) is 0 Å². The zero-order valence-corrected chi connectivity index (χ0v) is 11.6. The van der Waals surface area contributed by atoms with Crippen molar-refractivity contribution < 1.29 is 19.7 Å². The molecule has 0 aliphatic heterocycles. The monoisotopic (exact) mass is 215 g/mol. The largest absolute Gasteiger partial charge is 0.394 e. The summed E-state index contributed by atoms with van der Waals surface area (Å²) in [4.78, 5) is 0. The average Bonchev–Trinajstić information content (AvgIpc) is 2.10. The van der Waals surface area contributed by atoms with Gasteiger partial charge >= 0.3 is 0 Å². The molecule has 0 amide bonds. The molecule has 0 aliphatic rings. The molecule has 0 aliphatic carbocycles. The van der Waals surface area contributed by atoms with E-state index in [9.17, 15) is 0 Å². The van der Waals surface area contributed by atoms with Crippen LogP contribution in [0, 0.1) is 0 Å². The molecule has 1 radical (unpaired) electrons. The van der Waals surface area contributed by atoms with Crippen molar-refractivity contribution >= 4 is 29.6 Å².